The third-order valence-corrected chi connectivity index (χ3v) is 6.58. The third kappa shape index (κ3) is 4.82. The number of nitrogens with one attached hydrogen (secondary N) is 1. The molecule has 3 heterocycles. The summed E-state index contributed by atoms with van der Waals surface area (Å²) in [6.45, 7) is 9.45. The van der Waals surface area contributed by atoms with Gasteiger partial charge in [-0.3, -0.25) is 4.99 Å². The number of likely N-dealkylation sites (N-methyl/N-ethyl adjacent to an activating group) is 1. The Labute approximate surface area is 162 Å². The zero-order valence-corrected chi connectivity index (χ0v) is 17.1. The lowest BCUT2D eigenvalue weighted by Crippen LogP contribution is -2.48. The van der Waals surface area contributed by atoms with E-state index in [1.165, 1.54) is 17.7 Å². The molecule has 1 unspecified atom stereocenters. The van der Waals surface area contributed by atoms with Crippen molar-refractivity contribution in [3.8, 4) is 0 Å². The van der Waals surface area contributed by atoms with Crippen LogP contribution in [-0.4, -0.2) is 85.1 Å². The van der Waals surface area contributed by atoms with Crippen molar-refractivity contribution in [3.05, 3.63) is 23.9 Å². The molecular weight excluding hydrogens is 344 g/mol. The maximum Gasteiger partial charge on any atom is 0.193 e. The molecule has 1 N–H and O–H groups in total. The highest BCUT2D eigenvalue weighted by Crippen LogP contribution is 2.22. The number of nitrogens with zero attached hydrogens (tertiary/aromatic N) is 5. The van der Waals surface area contributed by atoms with Crippen molar-refractivity contribution in [2.24, 2.45) is 4.99 Å². The van der Waals surface area contributed by atoms with Crippen molar-refractivity contribution in [2.75, 3.05) is 64.0 Å². The molecule has 3 rings (SSSR count). The number of guanidine groups is 1. The van der Waals surface area contributed by atoms with E-state index < -0.39 is 0 Å². The van der Waals surface area contributed by atoms with Crippen LogP contribution < -0.4 is 10.2 Å². The average molecular weight is 377 g/mol. The maximum atomic E-state index is 4.68. The topological polar surface area (TPSA) is 47.0 Å². The van der Waals surface area contributed by atoms with Gasteiger partial charge in [0.1, 0.15) is 5.82 Å². The van der Waals surface area contributed by atoms with Crippen LogP contribution in [-0.2, 0) is 6.54 Å². The number of hydrogen-bond donors (Lipinski definition) is 1. The average Bonchev–Trinajstić information content (AvgIpc) is 2.70. The fourth-order valence-electron chi connectivity index (χ4n) is 3.54. The molecular formula is C19H32N6S. The van der Waals surface area contributed by atoms with Gasteiger partial charge in [-0.2, -0.15) is 11.8 Å². The lowest BCUT2D eigenvalue weighted by atomic mass is 10.2. The van der Waals surface area contributed by atoms with Crippen LogP contribution in [0.25, 0.3) is 0 Å². The molecule has 1 aromatic heterocycles. The molecule has 0 saturated carbocycles. The predicted molar refractivity (Wildman–Crippen MR) is 112 cm³/mol. The van der Waals surface area contributed by atoms with Gasteiger partial charge in [0.15, 0.2) is 5.96 Å². The van der Waals surface area contributed by atoms with E-state index in [0.29, 0.717) is 5.25 Å². The molecule has 0 radical (unpaired) electrons. The SMILES string of the molecule is CCC1CN(C(=NC)NCc2cccnc2N2CCN(C)CC2)CCS1. The summed E-state index contributed by atoms with van der Waals surface area (Å²) >= 11 is 2.09. The number of rotatable bonds is 4. The Kier molecular flexibility index (Phi) is 7.02. The van der Waals surface area contributed by atoms with Crippen LogP contribution in [0.2, 0.25) is 0 Å². The van der Waals surface area contributed by atoms with E-state index in [1.54, 1.807) is 0 Å². The molecule has 0 aromatic carbocycles. The minimum Gasteiger partial charge on any atom is -0.354 e. The molecule has 144 valence electrons. The van der Waals surface area contributed by atoms with Crippen LogP contribution >= 0.6 is 11.8 Å². The normalized spacial score (nSPS) is 22.6. The summed E-state index contributed by atoms with van der Waals surface area (Å²) in [6, 6.07) is 4.21. The number of aliphatic imine (C=N–C) groups is 1. The van der Waals surface area contributed by atoms with Crippen LogP contribution in [0.3, 0.4) is 0 Å². The molecule has 2 aliphatic rings. The number of thioether (sulfide) groups is 1. The Bertz CT molecular complexity index is 599. The van der Waals surface area contributed by atoms with Gasteiger partial charge in [0, 0.05) is 75.6 Å². The number of hydrogen-bond acceptors (Lipinski definition) is 5. The van der Waals surface area contributed by atoms with Gasteiger partial charge >= 0.3 is 0 Å². The Morgan fingerprint density at radius 2 is 2.12 bits per heavy atom. The molecule has 2 fully saturated rings. The first-order chi connectivity index (χ1) is 12.7. The van der Waals surface area contributed by atoms with E-state index in [0.717, 1.165) is 57.6 Å². The highest BCUT2D eigenvalue weighted by atomic mass is 32.2. The second-order valence-corrected chi connectivity index (χ2v) is 8.43. The Morgan fingerprint density at radius 1 is 1.31 bits per heavy atom. The van der Waals surface area contributed by atoms with E-state index >= 15 is 0 Å². The summed E-state index contributed by atoms with van der Waals surface area (Å²) < 4.78 is 0. The highest BCUT2D eigenvalue weighted by Gasteiger charge is 2.22. The van der Waals surface area contributed by atoms with Gasteiger partial charge in [-0.25, -0.2) is 4.98 Å². The lowest BCUT2D eigenvalue weighted by Gasteiger charge is -2.35. The quantitative estimate of drug-likeness (QED) is 0.638. The molecule has 0 aliphatic carbocycles. The zero-order valence-electron chi connectivity index (χ0n) is 16.3. The fraction of sp³-hybridized carbons (Fsp3) is 0.684. The molecule has 1 atom stereocenters. The molecule has 6 nitrogen and oxygen atoms in total. The summed E-state index contributed by atoms with van der Waals surface area (Å²) in [5, 5.41) is 4.29. The summed E-state index contributed by atoms with van der Waals surface area (Å²) in [5.41, 5.74) is 1.25. The minimum atomic E-state index is 0.710. The van der Waals surface area contributed by atoms with E-state index in [9.17, 15) is 0 Å². The first-order valence-corrected chi connectivity index (χ1v) is 10.7. The van der Waals surface area contributed by atoms with E-state index in [2.05, 4.69) is 61.8 Å². The van der Waals surface area contributed by atoms with Gasteiger partial charge in [-0.15, -0.1) is 0 Å². The van der Waals surface area contributed by atoms with Gasteiger partial charge in [0.2, 0.25) is 0 Å². The summed E-state index contributed by atoms with van der Waals surface area (Å²) in [5.74, 6) is 3.31. The number of anilines is 1. The second-order valence-electron chi connectivity index (χ2n) is 7.02. The number of aromatic nitrogens is 1. The Hall–Kier alpha value is -1.47. The van der Waals surface area contributed by atoms with Crippen molar-refractivity contribution in [3.63, 3.8) is 0 Å². The molecule has 2 aliphatic heterocycles. The first kappa shape index (κ1) is 19.3. The van der Waals surface area contributed by atoms with Crippen molar-refractivity contribution >= 4 is 23.5 Å². The number of piperazine rings is 1. The molecule has 0 amide bonds. The largest absolute Gasteiger partial charge is 0.354 e. The first-order valence-electron chi connectivity index (χ1n) is 9.65. The maximum absolute atomic E-state index is 4.68. The van der Waals surface area contributed by atoms with Crippen molar-refractivity contribution in [2.45, 2.75) is 25.1 Å². The molecule has 0 spiro atoms. The molecule has 1 aromatic rings. The summed E-state index contributed by atoms with van der Waals surface area (Å²) in [7, 11) is 4.07. The van der Waals surface area contributed by atoms with Gasteiger partial charge in [0.05, 0.1) is 0 Å². The molecule has 0 bridgehead atoms. The van der Waals surface area contributed by atoms with E-state index in [-0.39, 0.29) is 0 Å². The number of pyridine rings is 1. The summed E-state index contributed by atoms with van der Waals surface area (Å²) in [4.78, 5) is 16.4. The molecule has 7 heteroatoms. The van der Waals surface area contributed by atoms with Gasteiger partial charge in [0.25, 0.3) is 0 Å². The van der Waals surface area contributed by atoms with Crippen molar-refractivity contribution in [1.82, 2.24) is 20.1 Å². The predicted octanol–water partition coefficient (Wildman–Crippen LogP) is 1.74. The standard InChI is InChI=1S/C19H32N6S/c1-4-17-15-25(12-13-26-17)19(20-2)22-14-16-6-5-7-21-18(16)24-10-8-23(3)9-11-24/h5-7,17H,4,8-15H2,1-3H3,(H,20,22). The van der Waals surface area contributed by atoms with E-state index in [1.807, 2.05) is 19.3 Å². The van der Waals surface area contributed by atoms with Gasteiger partial charge in [-0.05, 0) is 19.5 Å². The molecule has 26 heavy (non-hydrogen) atoms. The van der Waals surface area contributed by atoms with E-state index in [4.69, 9.17) is 0 Å². The van der Waals surface area contributed by atoms with Crippen LogP contribution in [0.1, 0.15) is 18.9 Å². The van der Waals surface area contributed by atoms with Gasteiger partial charge in [-0.1, -0.05) is 13.0 Å². The smallest absolute Gasteiger partial charge is 0.193 e. The molecule has 2 saturated heterocycles. The Morgan fingerprint density at radius 3 is 2.85 bits per heavy atom. The monoisotopic (exact) mass is 376 g/mol. The van der Waals surface area contributed by atoms with Crippen LogP contribution in [0.5, 0.6) is 0 Å². The fourth-order valence-corrected chi connectivity index (χ4v) is 4.72. The van der Waals surface area contributed by atoms with Crippen LogP contribution in [0.15, 0.2) is 23.3 Å². The third-order valence-electron chi connectivity index (χ3n) is 5.21. The van der Waals surface area contributed by atoms with Crippen LogP contribution in [0, 0.1) is 0 Å². The lowest BCUT2D eigenvalue weighted by molar-refractivity contribution is 0.311. The van der Waals surface area contributed by atoms with Gasteiger partial charge < -0.3 is 20.0 Å². The van der Waals surface area contributed by atoms with Crippen molar-refractivity contribution < 1.29 is 0 Å². The zero-order chi connectivity index (χ0) is 18.4. The minimum absolute atomic E-state index is 0.710. The Balaban J connectivity index is 1.63. The van der Waals surface area contributed by atoms with Crippen molar-refractivity contribution in [1.29, 1.82) is 0 Å². The second kappa shape index (κ2) is 9.46. The highest BCUT2D eigenvalue weighted by molar-refractivity contribution is 8.00. The van der Waals surface area contributed by atoms with Crippen LogP contribution in [0.4, 0.5) is 5.82 Å². The summed E-state index contributed by atoms with van der Waals surface area (Å²) in [6.07, 6.45) is 3.12.